The molecule has 0 fully saturated rings. The maximum absolute atomic E-state index is 13.5. The molecule has 0 saturated carbocycles. The average Bonchev–Trinajstić information content (AvgIpc) is 2.43. The van der Waals surface area contributed by atoms with E-state index in [2.05, 4.69) is 20.7 Å². The first-order valence-electron chi connectivity index (χ1n) is 6.39. The molecule has 2 rings (SSSR count). The number of nitrogens with zero attached hydrogens (tertiary/aromatic N) is 2. The molecular weight excluding hydrogens is 257 g/mol. The summed E-state index contributed by atoms with van der Waals surface area (Å²) < 4.78 is 13.5. The Morgan fingerprint density at radius 1 is 1.20 bits per heavy atom. The summed E-state index contributed by atoms with van der Waals surface area (Å²) in [4.78, 5) is 8.68. The van der Waals surface area contributed by atoms with Crippen LogP contribution in [-0.2, 0) is 0 Å². The van der Waals surface area contributed by atoms with Crippen molar-refractivity contribution >= 4 is 17.3 Å². The van der Waals surface area contributed by atoms with Gasteiger partial charge >= 0.3 is 0 Å². The molecule has 106 valence electrons. The minimum Gasteiger partial charge on any atom is -0.340 e. The molecule has 0 saturated heterocycles. The van der Waals surface area contributed by atoms with E-state index in [-0.39, 0.29) is 11.7 Å². The second-order valence-electron chi connectivity index (χ2n) is 4.83. The molecule has 5 nitrogen and oxygen atoms in total. The van der Waals surface area contributed by atoms with Crippen molar-refractivity contribution in [1.29, 1.82) is 0 Å². The topological polar surface area (TPSA) is 75.9 Å². The fourth-order valence-corrected chi connectivity index (χ4v) is 1.74. The zero-order valence-electron chi connectivity index (χ0n) is 11.7. The van der Waals surface area contributed by atoms with Crippen molar-refractivity contribution in [3.05, 3.63) is 41.5 Å². The van der Waals surface area contributed by atoms with E-state index < -0.39 is 0 Å². The summed E-state index contributed by atoms with van der Waals surface area (Å²) in [6, 6.07) is 6.55. The summed E-state index contributed by atoms with van der Waals surface area (Å²) >= 11 is 0. The van der Waals surface area contributed by atoms with Crippen LogP contribution in [0.2, 0.25) is 0 Å². The molecule has 0 spiro atoms. The van der Waals surface area contributed by atoms with E-state index in [4.69, 9.17) is 5.84 Å². The lowest BCUT2D eigenvalue weighted by Gasteiger charge is -2.13. The van der Waals surface area contributed by atoms with E-state index in [1.165, 1.54) is 6.07 Å². The largest absolute Gasteiger partial charge is 0.340 e. The lowest BCUT2D eigenvalue weighted by Crippen LogP contribution is -2.12. The second-order valence-corrected chi connectivity index (χ2v) is 4.83. The molecule has 1 aromatic heterocycles. The Hall–Kier alpha value is -2.21. The van der Waals surface area contributed by atoms with Crippen molar-refractivity contribution in [2.24, 2.45) is 5.84 Å². The quantitative estimate of drug-likeness (QED) is 0.590. The first-order valence-corrected chi connectivity index (χ1v) is 6.39. The summed E-state index contributed by atoms with van der Waals surface area (Å²) in [5, 5.41) is 3.10. The van der Waals surface area contributed by atoms with Gasteiger partial charge in [0, 0.05) is 23.2 Å². The van der Waals surface area contributed by atoms with Gasteiger partial charge in [0.05, 0.1) is 0 Å². The Bertz CT molecular complexity index is 613. The molecule has 0 unspecified atom stereocenters. The van der Waals surface area contributed by atoms with Crippen molar-refractivity contribution in [1.82, 2.24) is 9.97 Å². The monoisotopic (exact) mass is 275 g/mol. The van der Waals surface area contributed by atoms with Gasteiger partial charge in [0.1, 0.15) is 23.3 Å². The summed E-state index contributed by atoms with van der Waals surface area (Å²) in [6.45, 7) is 5.70. The van der Waals surface area contributed by atoms with Crippen LogP contribution in [0.3, 0.4) is 0 Å². The highest BCUT2D eigenvalue weighted by Crippen LogP contribution is 2.23. The zero-order chi connectivity index (χ0) is 14.7. The Balaban J connectivity index is 2.37. The number of nitrogens with one attached hydrogen (secondary N) is 2. The van der Waals surface area contributed by atoms with Crippen LogP contribution < -0.4 is 16.6 Å². The van der Waals surface area contributed by atoms with Crippen molar-refractivity contribution in [2.45, 2.75) is 26.7 Å². The van der Waals surface area contributed by atoms with E-state index in [1.54, 1.807) is 25.1 Å². The molecule has 1 heterocycles. The summed E-state index contributed by atoms with van der Waals surface area (Å²) in [7, 11) is 0. The molecule has 0 aliphatic carbocycles. The average molecular weight is 275 g/mol. The number of hydrogen-bond donors (Lipinski definition) is 3. The minimum absolute atomic E-state index is 0.164. The Labute approximate surface area is 117 Å². The molecule has 0 bridgehead atoms. The van der Waals surface area contributed by atoms with Gasteiger partial charge in [-0.25, -0.2) is 20.2 Å². The van der Waals surface area contributed by atoms with Crippen LogP contribution >= 0.6 is 0 Å². The van der Waals surface area contributed by atoms with Crippen molar-refractivity contribution in [3.63, 3.8) is 0 Å². The number of rotatable bonds is 4. The van der Waals surface area contributed by atoms with Gasteiger partial charge in [0.2, 0.25) is 0 Å². The van der Waals surface area contributed by atoms with Gasteiger partial charge < -0.3 is 10.7 Å². The van der Waals surface area contributed by atoms with E-state index in [0.29, 0.717) is 28.7 Å². The summed E-state index contributed by atoms with van der Waals surface area (Å²) in [5.41, 5.74) is 3.72. The van der Waals surface area contributed by atoms with Crippen molar-refractivity contribution < 1.29 is 4.39 Å². The van der Waals surface area contributed by atoms with Gasteiger partial charge in [-0.2, -0.15) is 0 Å². The predicted octanol–water partition coefficient (Wildman–Crippen LogP) is 3.08. The molecule has 0 radical (unpaired) electrons. The van der Waals surface area contributed by atoms with E-state index in [1.807, 2.05) is 13.8 Å². The molecular formula is C14H18FN5. The maximum Gasteiger partial charge on any atom is 0.145 e. The third kappa shape index (κ3) is 3.03. The third-order valence-corrected chi connectivity index (χ3v) is 2.94. The van der Waals surface area contributed by atoms with Crippen LogP contribution in [-0.4, -0.2) is 9.97 Å². The van der Waals surface area contributed by atoms with Crippen LogP contribution in [0.4, 0.5) is 21.7 Å². The number of halogens is 1. The van der Waals surface area contributed by atoms with Gasteiger partial charge in [-0.05, 0) is 19.1 Å². The number of hydrazine groups is 1. The van der Waals surface area contributed by atoms with Gasteiger partial charge in [-0.1, -0.05) is 19.9 Å². The van der Waals surface area contributed by atoms with Gasteiger partial charge in [0.25, 0.3) is 0 Å². The molecule has 0 aliphatic heterocycles. The van der Waals surface area contributed by atoms with Crippen molar-refractivity contribution in [3.8, 4) is 0 Å². The summed E-state index contributed by atoms with van der Waals surface area (Å²) in [6.07, 6.45) is 0. The number of aromatic nitrogens is 2. The highest BCUT2D eigenvalue weighted by molar-refractivity contribution is 5.62. The van der Waals surface area contributed by atoms with Crippen LogP contribution in [0.25, 0.3) is 0 Å². The molecule has 20 heavy (non-hydrogen) atoms. The SMILES string of the molecule is Cc1c(F)cccc1Nc1cc(NN)nc(C(C)C)n1. The smallest absolute Gasteiger partial charge is 0.145 e. The van der Waals surface area contributed by atoms with Crippen LogP contribution in [0.1, 0.15) is 31.2 Å². The number of nitrogen functional groups attached to an aromatic ring is 1. The van der Waals surface area contributed by atoms with Gasteiger partial charge in [-0.3, -0.25) is 0 Å². The number of benzene rings is 1. The molecule has 1 aromatic carbocycles. The molecule has 6 heteroatoms. The van der Waals surface area contributed by atoms with Gasteiger partial charge in [-0.15, -0.1) is 0 Å². The molecule has 0 aliphatic rings. The standard InChI is InChI=1S/C14H18FN5/c1-8(2)14-18-12(7-13(19-14)20-16)17-11-6-4-5-10(15)9(11)3/h4-8H,16H2,1-3H3,(H2,17,18,19,20). The highest BCUT2D eigenvalue weighted by Gasteiger charge is 2.09. The summed E-state index contributed by atoms with van der Waals surface area (Å²) in [5.74, 6) is 7.06. The maximum atomic E-state index is 13.5. The van der Waals surface area contributed by atoms with Crippen LogP contribution in [0.15, 0.2) is 24.3 Å². The molecule has 4 N–H and O–H groups in total. The normalized spacial score (nSPS) is 10.7. The number of anilines is 3. The van der Waals surface area contributed by atoms with Crippen LogP contribution in [0, 0.1) is 12.7 Å². The molecule has 0 amide bonds. The fourth-order valence-electron chi connectivity index (χ4n) is 1.74. The Morgan fingerprint density at radius 2 is 1.90 bits per heavy atom. The van der Waals surface area contributed by atoms with E-state index >= 15 is 0 Å². The zero-order valence-corrected chi connectivity index (χ0v) is 11.7. The number of hydrogen-bond acceptors (Lipinski definition) is 5. The van der Waals surface area contributed by atoms with Crippen molar-refractivity contribution in [2.75, 3.05) is 10.7 Å². The highest BCUT2D eigenvalue weighted by atomic mass is 19.1. The third-order valence-electron chi connectivity index (χ3n) is 2.94. The molecule has 2 aromatic rings. The first-order chi connectivity index (χ1) is 9.51. The van der Waals surface area contributed by atoms with Gasteiger partial charge in [0.15, 0.2) is 0 Å². The van der Waals surface area contributed by atoms with E-state index in [0.717, 1.165) is 0 Å². The van der Waals surface area contributed by atoms with E-state index in [9.17, 15) is 4.39 Å². The first kappa shape index (κ1) is 14.2. The lowest BCUT2D eigenvalue weighted by molar-refractivity contribution is 0.619. The van der Waals surface area contributed by atoms with Crippen LogP contribution in [0.5, 0.6) is 0 Å². The number of nitrogens with two attached hydrogens (primary N) is 1. The lowest BCUT2D eigenvalue weighted by atomic mass is 10.2. The fraction of sp³-hybridized carbons (Fsp3) is 0.286. The minimum atomic E-state index is -0.259. The molecule has 0 atom stereocenters. The predicted molar refractivity (Wildman–Crippen MR) is 78.4 cm³/mol. The second kappa shape index (κ2) is 5.83. The Morgan fingerprint density at radius 3 is 2.55 bits per heavy atom. The Kier molecular flexibility index (Phi) is 4.14.